The van der Waals surface area contributed by atoms with E-state index in [1.54, 1.807) is 10.6 Å². The van der Waals surface area contributed by atoms with Gasteiger partial charge >= 0.3 is 0 Å². The van der Waals surface area contributed by atoms with E-state index in [0.29, 0.717) is 41.3 Å². The van der Waals surface area contributed by atoms with Gasteiger partial charge in [-0.05, 0) is 57.4 Å². The lowest BCUT2D eigenvalue weighted by molar-refractivity contribution is -0.139. The number of amides is 1. The maximum absolute atomic E-state index is 13.8. The van der Waals surface area contributed by atoms with Gasteiger partial charge in [-0.2, -0.15) is 0 Å². The number of nitrogens with zero attached hydrogens (tertiary/aromatic N) is 3. The maximum Gasteiger partial charge on any atom is 0.266 e. The predicted octanol–water partition coefficient (Wildman–Crippen LogP) is 5.66. The third kappa shape index (κ3) is 4.72. The molecule has 6 heteroatoms. The van der Waals surface area contributed by atoms with Crippen molar-refractivity contribution in [2.75, 3.05) is 13.2 Å². The van der Waals surface area contributed by atoms with Crippen LogP contribution in [-0.4, -0.2) is 33.5 Å². The Hall–Kier alpha value is -3.15. The van der Waals surface area contributed by atoms with E-state index in [0.717, 1.165) is 32.1 Å². The summed E-state index contributed by atoms with van der Waals surface area (Å²) in [6.45, 7) is 7.12. The Bertz CT molecular complexity index is 1200. The zero-order valence-electron chi connectivity index (χ0n) is 20.5. The fourth-order valence-corrected chi connectivity index (χ4v) is 5.04. The van der Waals surface area contributed by atoms with Crippen LogP contribution in [0.2, 0.25) is 0 Å². The number of carbonyl (C=O) groups is 1. The first-order chi connectivity index (χ1) is 16.6. The quantitative estimate of drug-likeness (QED) is 0.434. The second-order valence-electron chi connectivity index (χ2n) is 9.07. The number of benzene rings is 2. The highest BCUT2D eigenvalue weighted by atomic mass is 16.5. The standard InChI is InChI=1S/C28H35N3O3/c1-4-19-30(27(32)21-13-7-6-8-14-21)20(3)26-29-23-16-10-9-15-22(23)28(33)31(26)24-17-11-12-18-25(24)34-5-2/h9-12,15-18,20-21H,4-8,13-14,19H2,1-3H3. The summed E-state index contributed by atoms with van der Waals surface area (Å²) in [5.74, 6) is 1.42. The van der Waals surface area contributed by atoms with Crippen molar-refractivity contribution < 1.29 is 9.53 Å². The van der Waals surface area contributed by atoms with Crippen LogP contribution < -0.4 is 10.3 Å². The molecule has 1 aliphatic rings. The first-order valence-electron chi connectivity index (χ1n) is 12.6. The molecule has 2 aromatic carbocycles. The van der Waals surface area contributed by atoms with E-state index in [1.165, 1.54) is 6.42 Å². The van der Waals surface area contributed by atoms with Crippen LogP contribution in [0.5, 0.6) is 5.75 Å². The van der Waals surface area contributed by atoms with Crippen LogP contribution in [0.1, 0.15) is 71.2 Å². The smallest absolute Gasteiger partial charge is 0.266 e. The summed E-state index contributed by atoms with van der Waals surface area (Å²) in [7, 11) is 0. The molecule has 1 heterocycles. The van der Waals surface area contributed by atoms with Crippen LogP contribution in [0, 0.1) is 5.92 Å². The van der Waals surface area contributed by atoms with Crippen molar-refractivity contribution in [2.45, 2.75) is 65.3 Å². The Morgan fingerprint density at radius 1 is 1.09 bits per heavy atom. The lowest BCUT2D eigenvalue weighted by Crippen LogP contribution is -2.41. The summed E-state index contributed by atoms with van der Waals surface area (Å²) in [5.41, 5.74) is 1.14. The zero-order chi connectivity index (χ0) is 24.1. The zero-order valence-corrected chi connectivity index (χ0v) is 20.5. The molecule has 0 bridgehead atoms. The molecular formula is C28H35N3O3. The molecule has 1 fully saturated rings. The average molecular weight is 462 g/mol. The highest BCUT2D eigenvalue weighted by Crippen LogP contribution is 2.31. The van der Waals surface area contributed by atoms with Crippen molar-refractivity contribution in [2.24, 2.45) is 5.92 Å². The Labute approximate surface area is 201 Å². The van der Waals surface area contributed by atoms with Crippen molar-refractivity contribution in [3.05, 3.63) is 64.7 Å². The monoisotopic (exact) mass is 461 g/mol. The topological polar surface area (TPSA) is 64.4 Å². The van der Waals surface area contributed by atoms with Crippen LogP contribution in [0.4, 0.5) is 0 Å². The van der Waals surface area contributed by atoms with E-state index < -0.39 is 0 Å². The molecule has 1 amide bonds. The Morgan fingerprint density at radius 3 is 2.53 bits per heavy atom. The number of ether oxygens (including phenoxy) is 1. The fraction of sp³-hybridized carbons (Fsp3) is 0.464. The SMILES string of the molecule is CCCN(C(=O)C1CCCCC1)C(C)c1nc2ccccc2c(=O)n1-c1ccccc1OCC. The van der Waals surface area contributed by atoms with Gasteiger partial charge in [0.25, 0.3) is 5.56 Å². The summed E-state index contributed by atoms with van der Waals surface area (Å²) in [6.07, 6.45) is 6.13. The molecule has 1 aliphatic carbocycles. The summed E-state index contributed by atoms with van der Waals surface area (Å²) >= 11 is 0. The summed E-state index contributed by atoms with van der Waals surface area (Å²) in [5, 5.41) is 0.547. The van der Waals surface area contributed by atoms with E-state index in [9.17, 15) is 9.59 Å². The number of fused-ring (bicyclic) bond motifs is 1. The normalized spacial score (nSPS) is 15.3. The van der Waals surface area contributed by atoms with Gasteiger partial charge in [-0.15, -0.1) is 0 Å². The van der Waals surface area contributed by atoms with Gasteiger partial charge in [0, 0.05) is 12.5 Å². The minimum atomic E-state index is -0.360. The minimum Gasteiger partial charge on any atom is -0.492 e. The van der Waals surface area contributed by atoms with E-state index >= 15 is 0 Å². The van der Waals surface area contributed by atoms with Crippen LogP contribution in [0.15, 0.2) is 53.3 Å². The number of para-hydroxylation sites is 3. The molecule has 0 spiro atoms. The number of hydrogen-bond donors (Lipinski definition) is 0. The van der Waals surface area contributed by atoms with Gasteiger partial charge < -0.3 is 9.64 Å². The molecule has 6 nitrogen and oxygen atoms in total. The van der Waals surface area contributed by atoms with Gasteiger partial charge in [-0.25, -0.2) is 4.98 Å². The van der Waals surface area contributed by atoms with E-state index in [1.807, 2.05) is 61.2 Å². The summed E-state index contributed by atoms with van der Waals surface area (Å²) < 4.78 is 7.52. The molecule has 1 saturated carbocycles. The Morgan fingerprint density at radius 2 is 1.79 bits per heavy atom. The van der Waals surface area contributed by atoms with Crippen molar-refractivity contribution in [1.82, 2.24) is 14.5 Å². The lowest BCUT2D eigenvalue weighted by Gasteiger charge is -2.34. The highest BCUT2D eigenvalue weighted by Gasteiger charge is 2.32. The first kappa shape index (κ1) is 24.0. The van der Waals surface area contributed by atoms with E-state index in [-0.39, 0.29) is 23.4 Å². The Balaban J connectivity index is 1.89. The molecule has 1 atom stereocenters. The van der Waals surface area contributed by atoms with Crippen molar-refractivity contribution in [1.29, 1.82) is 0 Å². The number of rotatable bonds is 8. The van der Waals surface area contributed by atoms with Gasteiger partial charge in [0.05, 0.1) is 29.2 Å². The number of carbonyl (C=O) groups excluding carboxylic acids is 1. The molecule has 34 heavy (non-hydrogen) atoms. The third-order valence-electron chi connectivity index (χ3n) is 6.75. The first-order valence-corrected chi connectivity index (χ1v) is 12.6. The Kier molecular flexibility index (Phi) is 7.66. The van der Waals surface area contributed by atoms with Gasteiger partial charge in [-0.1, -0.05) is 50.5 Å². The largest absolute Gasteiger partial charge is 0.492 e. The highest BCUT2D eigenvalue weighted by molar-refractivity contribution is 5.80. The molecule has 1 aromatic heterocycles. The maximum atomic E-state index is 13.8. The second kappa shape index (κ2) is 10.9. The number of aromatic nitrogens is 2. The van der Waals surface area contributed by atoms with E-state index in [2.05, 4.69) is 6.92 Å². The van der Waals surface area contributed by atoms with E-state index in [4.69, 9.17) is 9.72 Å². The molecule has 0 aliphatic heterocycles. The van der Waals surface area contributed by atoms with Crippen molar-refractivity contribution in [3.8, 4) is 11.4 Å². The van der Waals surface area contributed by atoms with Gasteiger partial charge in [0.1, 0.15) is 11.6 Å². The van der Waals surface area contributed by atoms with Crippen LogP contribution in [0.3, 0.4) is 0 Å². The summed E-state index contributed by atoms with van der Waals surface area (Å²) in [4.78, 5) is 34.4. The van der Waals surface area contributed by atoms with Gasteiger partial charge in [0.15, 0.2) is 0 Å². The molecule has 0 radical (unpaired) electrons. The van der Waals surface area contributed by atoms with Crippen LogP contribution >= 0.6 is 0 Å². The molecular weight excluding hydrogens is 426 g/mol. The summed E-state index contributed by atoms with van der Waals surface area (Å²) in [6, 6.07) is 14.6. The molecule has 0 N–H and O–H groups in total. The predicted molar refractivity (Wildman–Crippen MR) is 136 cm³/mol. The third-order valence-corrected chi connectivity index (χ3v) is 6.75. The second-order valence-corrected chi connectivity index (χ2v) is 9.07. The van der Waals surface area contributed by atoms with Crippen LogP contribution in [-0.2, 0) is 4.79 Å². The molecule has 180 valence electrons. The molecule has 4 rings (SSSR count). The fourth-order valence-electron chi connectivity index (χ4n) is 5.04. The molecule has 0 saturated heterocycles. The van der Waals surface area contributed by atoms with Crippen molar-refractivity contribution >= 4 is 16.8 Å². The average Bonchev–Trinajstić information content (AvgIpc) is 2.88. The lowest BCUT2D eigenvalue weighted by atomic mass is 9.88. The van der Waals surface area contributed by atoms with Gasteiger partial charge in [-0.3, -0.25) is 14.2 Å². The molecule has 1 unspecified atom stereocenters. The van der Waals surface area contributed by atoms with Gasteiger partial charge in [0.2, 0.25) is 5.91 Å². The minimum absolute atomic E-state index is 0.0547. The van der Waals surface area contributed by atoms with Crippen LogP contribution in [0.25, 0.3) is 16.6 Å². The van der Waals surface area contributed by atoms with Crippen molar-refractivity contribution in [3.63, 3.8) is 0 Å². The number of hydrogen-bond acceptors (Lipinski definition) is 4. The molecule has 3 aromatic rings.